The van der Waals surface area contributed by atoms with Gasteiger partial charge in [0.05, 0.1) is 12.0 Å². The largest absolute Gasteiger partial charge is 0.419 e. The fourth-order valence-electron chi connectivity index (χ4n) is 2.21. The summed E-state index contributed by atoms with van der Waals surface area (Å²) in [5.41, 5.74) is -1.18. The van der Waals surface area contributed by atoms with Gasteiger partial charge in [0, 0.05) is 20.1 Å². The van der Waals surface area contributed by atoms with Gasteiger partial charge in [-0.05, 0) is 43.0 Å². The van der Waals surface area contributed by atoms with Crippen molar-refractivity contribution in [2.45, 2.75) is 25.4 Å². The fourth-order valence-corrected chi connectivity index (χ4v) is 2.21. The normalized spacial score (nSPS) is 14.8. The molecule has 128 valence electrons. The topological polar surface area (TPSA) is 32.3 Å². The maximum atomic E-state index is 13.2. The van der Waals surface area contributed by atoms with E-state index in [1.54, 1.807) is 7.05 Å². The minimum absolute atomic E-state index is 0.154. The van der Waals surface area contributed by atoms with E-state index in [0.717, 1.165) is 18.5 Å². The Bertz CT molecular complexity index is 556. The molecule has 7 heteroatoms. The summed E-state index contributed by atoms with van der Waals surface area (Å²) in [5, 5.41) is 3.24. The summed E-state index contributed by atoms with van der Waals surface area (Å²) in [7, 11) is 1.61. The molecule has 0 atom stereocenters. The van der Waals surface area contributed by atoms with Crippen LogP contribution in [0, 0.1) is 11.7 Å². The van der Waals surface area contributed by atoms with Crippen molar-refractivity contribution in [2.24, 2.45) is 5.92 Å². The van der Waals surface area contributed by atoms with Crippen molar-refractivity contribution >= 4 is 5.91 Å². The van der Waals surface area contributed by atoms with E-state index in [0.29, 0.717) is 19.2 Å². The molecule has 1 aliphatic rings. The smallest absolute Gasteiger partial charge is 0.344 e. The van der Waals surface area contributed by atoms with Crippen LogP contribution in [0.5, 0.6) is 0 Å². The molecule has 1 amide bonds. The van der Waals surface area contributed by atoms with Crippen LogP contribution in [0.25, 0.3) is 0 Å². The van der Waals surface area contributed by atoms with E-state index in [9.17, 15) is 22.4 Å². The second-order valence-electron chi connectivity index (χ2n) is 5.95. The fraction of sp³-hybridized carbons (Fsp3) is 0.562. The Labute approximate surface area is 132 Å². The SMILES string of the molecule is CN(CCNCC1CC1)C(=O)Cc1ccc(F)c(C(F)(F)F)c1. The van der Waals surface area contributed by atoms with Crippen molar-refractivity contribution in [3.63, 3.8) is 0 Å². The van der Waals surface area contributed by atoms with E-state index < -0.39 is 17.6 Å². The molecule has 1 aliphatic carbocycles. The van der Waals surface area contributed by atoms with Gasteiger partial charge in [0.1, 0.15) is 5.82 Å². The van der Waals surface area contributed by atoms with Crippen molar-refractivity contribution < 1.29 is 22.4 Å². The zero-order valence-corrected chi connectivity index (χ0v) is 12.9. The Morgan fingerprint density at radius 3 is 2.65 bits per heavy atom. The van der Waals surface area contributed by atoms with Crippen LogP contribution in [-0.4, -0.2) is 37.5 Å². The Kier molecular flexibility index (Phi) is 5.62. The number of likely N-dealkylation sites (N-methyl/N-ethyl adjacent to an activating group) is 1. The summed E-state index contributed by atoms with van der Waals surface area (Å²) in [5.74, 6) is -0.875. The maximum Gasteiger partial charge on any atom is 0.419 e. The number of nitrogens with zero attached hydrogens (tertiary/aromatic N) is 1. The van der Waals surface area contributed by atoms with Crippen molar-refractivity contribution in [1.29, 1.82) is 0 Å². The number of hydrogen-bond donors (Lipinski definition) is 1. The number of carbonyl (C=O) groups excluding carboxylic acids is 1. The van der Waals surface area contributed by atoms with E-state index in [2.05, 4.69) is 5.32 Å². The Balaban J connectivity index is 1.85. The number of halogens is 4. The molecular weight excluding hydrogens is 312 g/mol. The van der Waals surface area contributed by atoms with Crippen LogP contribution in [0.1, 0.15) is 24.0 Å². The molecule has 0 radical (unpaired) electrons. The summed E-state index contributed by atoms with van der Waals surface area (Å²) in [4.78, 5) is 13.5. The van der Waals surface area contributed by atoms with E-state index in [-0.39, 0.29) is 17.9 Å². The van der Waals surface area contributed by atoms with E-state index in [4.69, 9.17) is 0 Å². The lowest BCUT2D eigenvalue weighted by Crippen LogP contribution is -2.35. The molecule has 0 heterocycles. The van der Waals surface area contributed by atoms with Gasteiger partial charge < -0.3 is 10.2 Å². The highest BCUT2D eigenvalue weighted by molar-refractivity contribution is 5.78. The van der Waals surface area contributed by atoms with Gasteiger partial charge in [-0.3, -0.25) is 4.79 Å². The molecule has 0 bridgehead atoms. The van der Waals surface area contributed by atoms with Gasteiger partial charge in [-0.2, -0.15) is 13.2 Å². The number of carbonyl (C=O) groups is 1. The van der Waals surface area contributed by atoms with Crippen LogP contribution >= 0.6 is 0 Å². The second kappa shape index (κ2) is 7.29. The molecule has 1 N–H and O–H groups in total. The molecule has 1 fully saturated rings. The van der Waals surface area contributed by atoms with Crippen LogP contribution in [0.3, 0.4) is 0 Å². The first-order valence-corrected chi connectivity index (χ1v) is 7.57. The van der Waals surface area contributed by atoms with Crippen molar-refractivity contribution in [2.75, 3.05) is 26.7 Å². The van der Waals surface area contributed by atoms with Crippen LogP contribution in [0.2, 0.25) is 0 Å². The lowest BCUT2D eigenvalue weighted by atomic mass is 10.1. The highest BCUT2D eigenvalue weighted by Gasteiger charge is 2.34. The van der Waals surface area contributed by atoms with E-state index in [1.165, 1.54) is 23.8 Å². The zero-order valence-electron chi connectivity index (χ0n) is 12.9. The lowest BCUT2D eigenvalue weighted by Gasteiger charge is -2.18. The Morgan fingerprint density at radius 1 is 1.35 bits per heavy atom. The van der Waals surface area contributed by atoms with Gasteiger partial charge in [0.15, 0.2) is 0 Å². The van der Waals surface area contributed by atoms with Crippen LogP contribution in [0.4, 0.5) is 17.6 Å². The number of hydrogen-bond acceptors (Lipinski definition) is 2. The monoisotopic (exact) mass is 332 g/mol. The molecule has 0 unspecified atom stereocenters. The molecule has 2 rings (SSSR count). The van der Waals surface area contributed by atoms with Gasteiger partial charge in [-0.25, -0.2) is 4.39 Å². The van der Waals surface area contributed by atoms with Gasteiger partial charge in [-0.1, -0.05) is 6.07 Å². The zero-order chi connectivity index (χ0) is 17.0. The van der Waals surface area contributed by atoms with Gasteiger partial charge in [-0.15, -0.1) is 0 Å². The molecule has 1 aromatic rings. The second-order valence-corrected chi connectivity index (χ2v) is 5.95. The number of alkyl halides is 3. The lowest BCUT2D eigenvalue weighted by molar-refractivity contribution is -0.140. The Morgan fingerprint density at radius 2 is 2.04 bits per heavy atom. The summed E-state index contributed by atoms with van der Waals surface area (Å²) in [6, 6.07) is 2.66. The number of rotatable bonds is 7. The molecular formula is C16H20F4N2O. The minimum atomic E-state index is -4.76. The Hall–Kier alpha value is -1.63. The standard InChI is InChI=1S/C16H20F4N2O/c1-22(7-6-21-10-11-2-3-11)15(23)9-12-4-5-14(17)13(8-12)16(18,19)20/h4-5,8,11,21H,2-3,6-7,9-10H2,1H3. The number of amides is 1. The van der Waals surface area contributed by atoms with Crippen molar-refractivity contribution in [1.82, 2.24) is 10.2 Å². The molecule has 23 heavy (non-hydrogen) atoms. The first-order valence-electron chi connectivity index (χ1n) is 7.57. The van der Waals surface area contributed by atoms with Gasteiger partial charge >= 0.3 is 6.18 Å². The number of benzene rings is 1. The molecule has 0 aromatic heterocycles. The van der Waals surface area contributed by atoms with Crippen LogP contribution in [0.15, 0.2) is 18.2 Å². The molecule has 0 spiro atoms. The molecule has 0 saturated heterocycles. The summed E-state index contributed by atoms with van der Waals surface area (Å²) >= 11 is 0. The number of nitrogens with one attached hydrogen (secondary N) is 1. The third kappa shape index (κ3) is 5.49. The first kappa shape index (κ1) is 17.7. The molecule has 1 saturated carbocycles. The minimum Gasteiger partial charge on any atom is -0.344 e. The predicted molar refractivity (Wildman–Crippen MR) is 78.3 cm³/mol. The van der Waals surface area contributed by atoms with Crippen LogP contribution in [-0.2, 0) is 17.4 Å². The maximum absolute atomic E-state index is 13.2. The van der Waals surface area contributed by atoms with Crippen LogP contribution < -0.4 is 5.32 Å². The summed E-state index contributed by atoms with van der Waals surface area (Å²) in [6.45, 7) is 2.07. The summed E-state index contributed by atoms with van der Waals surface area (Å²) in [6.07, 6.45) is -2.45. The predicted octanol–water partition coefficient (Wildman–Crippen LogP) is 2.85. The van der Waals surface area contributed by atoms with Crippen molar-refractivity contribution in [3.8, 4) is 0 Å². The molecule has 3 nitrogen and oxygen atoms in total. The van der Waals surface area contributed by atoms with Gasteiger partial charge in [0.2, 0.25) is 5.91 Å². The third-order valence-corrected chi connectivity index (χ3v) is 3.87. The van der Waals surface area contributed by atoms with Crippen molar-refractivity contribution in [3.05, 3.63) is 35.1 Å². The molecule has 0 aliphatic heterocycles. The van der Waals surface area contributed by atoms with E-state index in [1.807, 2.05) is 0 Å². The summed E-state index contributed by atoms with van der Waals surface area (Å²) < 4.78 is 51.2. The first-order chi connectivity index (χ1) is 10.8. The highest BCUT2D eigenvalue weighted by Crippen LogP contribution is 2.32. The average molecular weight is 332 g/mol. The van der Waals surface area contributed by atoms with Gasteiger partial charge in [0.25, 0.3) is 0 Å². The third-order valence-electron chi connectivity index (χ3n) is 3.87. The quantitative estimate of drug-likeness (QED) is 0.615. The van der Waals surface area contributed by atoms with E-state index >= 15 is 0 Å². The molecule has 1 aromatic carbocycles. The average Bonchev–Trinajstić information content (AvgIpc) is 3.28. The highest BCUT2D eigenvalue weighted by atomic mass is 19.4.